The van der Waals surface area contributed by atoms with Gasteiger partial charge in [0.25, 0.3) is 0 Å². The molecule has 2 heteroatoms. The quantitative estimate of drug-likeness (QED) is 0.688. The summed E-state index contributed by atoms with van der Waals surface area (Å²) in [7, 11) is 0. The van der Waals surface area contributed by atoms with Crippen LogP contribution < -0.4 is 5.73 Å². The number of halogens is 1. The number of hydrogen-bond donors (Lipinski definition) is 1. The van der Waals surface area contributed by atoms with Gasteiger partial charge in [0, 0.05) is 16.5 Å². The van der Waals surface area contributed by atoms with Gasteiger partial charge in [-0.3, -0.25) is 0 Å². The molecule has 20 heavy (non-hydrogen) atoms. The molecule has 0 fully saturated rings. The summed E-state index contributed by atoms with van der Waals surface area (Å²) in [5.41, 5.74) is 9.61. The van der Waals surface area contributed by atoms with E-state index in [-0.39, 0.29) is 6.04 Å². The average Bonchev–Trinajstić information content (AvgIpc) is 2.48. The molecule has 0 saturated carbocycles. The van der Waals surface area contributed by atoms with Crippen molar-refractivity contribution in [2.45, 2.75) is 13.0 Å². The fraction of sp³-hybridized carbons (Fsp3) is 0.111. The van der Waals surface area contributed by atoms with Crippen LogP contribution in [-0.4, -0.2) is 0 Å². The predicted octanol–water partition coefficient (Wildman–Crippen LogP) is 5.18. The Morgan fingerprint density at radius 2 is 1.45 bits per heavy atom. The summed E-state index contributed by atoms with van der Waals surface area (Å²) in [6, 6.07) is 20.5. The van der Waals surface area contributed by atoms with Gasteiger partial charge >= 0.3 is 0 Å². The van der Waals surface area contributed by atoms with E-state index in [0.29, 0.717) is 0 Å². The van der Waals surface area contributed by atoms with Gasteiger partial charge in [0.05, 0.1) is 0 Å². The maximum absolute atomic E-state index is 6.29. The van der Waals surface area contributed by atoms with E-state index in [4.69, 9.17) is 17.3 Å². The lowest BCUT2D eigenvalue weighted by Crippen LogP contribution is -2.06. The Hall–Kier alpha value is -1.83. The molecule has 1 nitrogen and oxygen atoms in total. The van der Waals surface area contributed by atoms with Crippen LogP contribution in [-0.2, 0) is 0 Å². The summed E-state index contributed by atoms with van der Waals surface area (Å²) in [5, 5.41) is 3.02. The molecule has 3 rings (SSSR count). The van der Waals surface area contributed by atoms with E-state index in [9.17, 15) is 0 Å². The van der Waals surface area contributed by atoms with E-state index >= 15 is 0 Å². The average molecular weight is 282 g/mol. The van der Waals surface area contributed by atoms with Crippen molar-refractivity contribution in [1.29, 1.82) is 0 Å². The molecule has 2 N–H and O–H groups in total. The van der Waals surface area contributed by atoms with Crippen molar-refractivity contribution in [2.75, 3.05) is 0 Å². The molecule has 0 aromatic heterocycles. The van der Waals surface area contributed by atoms with Crippen molar-refractivity contribution >= 4 is 22.4 Å². The van der Waals surface area contributed by atoms with Crippen LogP contribution in [0.1, 0.15) is 18.5 Å². The Balaban J connectivity index is 2.34. The summed E-state index contributed by atoms with van der Waals surface area (Å²) in [4.78, 5) is 0. The molecular formula is C18H16ClN. The molecule has 0 heterocycles. The number of rotatable bonds is 2. The van der Waals surface area contributed by atoms with Gasteiger partial charge in [-0.25, -0.2) is 0 Å². The minimum Gasteiger partial charge on any atom is -0.324 e. The van der Waals surface area contributed by atoms with Gasteiger partial charge in [0.2, 0.25) is 0 Å². The van der Waals surface area contributed by atoms with Crippen molar-refractivity contribution in [3.63, 3.8) is 0 Å². The molecule has 0 aliphatic carbocycles. The molecule has 0 spiro atoms. The van der Waals surface area contributed by atoms with Crippen LogP contribution in [0.2, 0.25) is 5.02 Å². The molecule has 0 aliphatic heterocycles. The van der Waals surface area contributed by atoms with Crippen LogP contribution in [0.15, 0.2) is 60.7 Å². The fourth-order valence-corrected chi connectivity index (χ4v) is 2.86. The molecule has 0 radical (unpaired) electrons. The summed E-state index contributed by atoms with van der Waals surface area (Å²) in [6.07, 6.45) is 0. The SMILES string of the molecule is CC(N)c1ccccc1-c1ccc(Cl)c2ccccc12. The van der Waals surface area contributed by atoms with Gasteiger partial charge in [0.1, 0.15) is 0 Å². The van der Waals surface area contributed by atoms with Crippen molar-refractivity contribution in [1.82, 2.24) is 0 Å². The van der Waals surface area contributed by atoms with Crippen LogP contribution in [0, 0.1) is 0 Å². The fourth-order valence-electron chi connectivity index (χ4n) is 2.64. The molecule has 1 atom stereocenters. The number of nitrogens with two attached hydrogens (primary N) is 1. The molecule has 3 aromatic carbocycles. The first-order valence-corrected chi connectivity index (χ1v) is 7.08. The van der Waals surface area contributed by atoms with Crippen molar-refractivity contribution in [3.05, 3.63) is 71.2 Å². The molecule has 0 bridgehead atoms. The summed E-state index contributed by atoms with van der Waals surface area (Å²) in [6.45, 7) is 2.01. The third-order valence-electron chi connectivity index (χ3n) is 3.61. The smallest absolute Gasteiger partial charge is 0.0484 e. The summed E-state index contributed by atoms with van der Waals surface area (Å²) < 4.78 is 0. The molecule has 100 valence electrons. The Labute approximate surface area is 124 Å². The zero-order chi connectivity index (χ0) is 14.1. The van der Waals surface area contributed by atoms with E-state index < -0.39 is 0 Å². The second-order valence-electron chi connectivity index (χ2n) is 5.02. The first-order chi connectivity index (χ1) is 9.68. The third-order valence-corrected chi connectivity index (χ3v) is 3.94. The van der Waals surface area contributed by atoms with Gasteiger partial charge in [-0.1, -0.05) is 66.2 Å². The Morgan fingerprint density at radius 3 is 2.20 bits per heavy atom. The lowest BCUT2D eigenvalue weighted by Gasteiger charge is -2.15. The van der Waals surface area contributed by atoms with E-state index in [1.54, 1.807) is 0 Å². The maximum atomic E-state index is 6.29. The van der Waals surface area contributed by atoms with Gasteiger partial charge in [-0.2, -0.15) is 0 Å². The monoisotopic (exact) mass is 281 g/mol. The van der Waals surface area contributed by atoms with E-state index in [0.717, 1.165) is 21.4 Å². The topological polar surface area (TPSA) is 26.0 Å². The van der Waals surface area contributed by atoms with Crippen LogP contribution in [0.4, 0.5) is 0 Å². The molecular weight excluding hydrogens is 266 g/mol. The largest absolute Gasteiger partial charge is 0.324 e. The van der Waals surface area contributed by atoms with Crippen molar-refractivity contribution in [2.24, 2.45) is 5.73 Å². The first kappa shape index (κ1) is 13.2. The minimum absolute atomic E-state index is 0.000593. The Kier molecular flexibility index (Phi) is 3.47. The molecule has 0 saturated heterocycles. The highest BCUT2D eigenvalue weighted by Gasteiger charge is 2.11. The maximum Gasteiger partial charge on any atom is 0.0484 e. The highest BCUT2D eigenvalue weighted by molar-refractivity contribution is 6.36. The standard InChI is InChI=1S/C18H16ClN/c1-12(20)13-6-2-3-7-14(13)16-10-11-18(19)17-9-5-4-8-15(16)17/h2-12H,20H2,1H3. The Morgan fingerprint density at radius 1 is 0.800 bits per heavy atom. The molecule has 0 amide bonds. The normalized spacial score (nSPS) is 12.6. The highest BCUT2D eigenvalue weighted by Crippen LogP contribution is 2.35. The molecule has 3 aromatic rings. The van der Waals surface area contributed by atoms with E-state index in [1.807, 2.05) is 37.3 Å². The predicted molar refractivity (Wildman–Crippen MR) is 87.0 cm³/mol. The van der Waals surface area contributed by atoms with Crippen molar-refractivity contribution < 1.29 is 0 Å². The number of benzene rings is 3. The van der Waals surface area contributed by atoms with Gasteiger partial charge in [-0.15, -0.1) is 0 Å². The Bertz CT molecular complexity index is 762. The molecule has 0 aliphatic rings. The van der Waals surface area contributed by atoms with Crippen LogP contribution >= 0.6 is 11.6 Å². The number of fused-ring (bicyclic) bond motifs is 1. The van der Waals surface area contributed by atoms with Gasteiger partial charge in [-0.05, 0) is 35.1 Å². The van der Waals surface area contributed by atoms with Crippen LogP contribution in [0.3, 0.4) is 0 Å². The van der Waals surface area contributed by atoms with Crippen molar-refractivity contribution in [3.8, 4) is 11.1 Å². The second-order valence-corrected chi connectivity index (χ2v) is 5.42. The first-order valence-electron chi connectivity index (χ1n) is 6.70. The van der Waals surface area contributed by atoms with E-state index in [1.165, 1.54) is 11.1 Å². The summed E-state index contributed by atoms with van der Waals surface area (Å²) >= 11 is 6.29. The zero-order valence-electron chi connectivity index (χ0n) is 11.3. The second kappa shape index (κ2) is 5.28. The third kappa shape index (κ3) is 2.20. The van der Waals surface area contributed by atoms with Gasteiger partial charge < -0.3 is 5.73 Å². The number of hydrogen-bond acceptors (Lipinski definition) is 1. The van der Waals surface area contributed by atoms with E-state index in [2.05, 4.69) is 30.3 Å². The zero-order valence-corrected chi connectivity index (χ0v) is 12.1. The van der Waals surface area contributed by atoms with Gasteiger partial charge in [0.15, 0.2) is 0 Å². The lowest BCUT2D eigenvalue weighted by atomic mass is 9.92. The summed E-state index contributed by atoms with van der Waals surface area (Å²) in [5.74, 6) is 0. The lowest BCUT2D eigenvalue weighted by molar-refractivity contribution is 0.820. The van der Waals surface area contributed by atoms with Crippen LogP contribution in [0.25, 0.3) is 21.9 Å². The highest BCUT2D eigenvalue weighted by atomic mass is 35.5. The van der Waals surface area contributed by atoms with Crippen LogP contribution in [0.5, 0.6) is 0 Å². The molecule has 1 unspecified atom stereocenters. The minimum atomic E-state index is 0.000593.